The molecule has 1 heterocycles. The third-order valence-corrected chi connectivity index (χ3v) is 4.15. The molecule has 0 aliphatic rings. The smallest absolute Gasteiger partial charge is 0.122 e. The summed E-state index contributed by atoms with van der Waals surface area (Å²) in [4.78, 5) is 4.38. The van der Waals surface area contributed by atoms with Gasteiger partial charge in [0, 0.05) is 17.7 Å². The fourth-order valence-electron chi connectivity index (χ4n) is 2.99. The Morgan fingerprint density at radius 3 is 2.43 bits per heavy atom. The van der Waals surface area contributed by atoms with Gasteiger partial charge in [0.2, 0.25) is 0 Å². The fourth-order valence-corrected chi connectivity index (χ4v) is 2.99. The highest BCUT2D eigenvalue weighted by Gasteiger charge is 2.39. The molecule has 0 saturated carbocycles. The standard InChI is InChI=1S/C18H23NO2/c1-4-15(14-10-6-7-11-16(14)21-3)18(20,5-2)17-12-8-9-13-19-17/h6-13,15,20H,4-5H2,1-3H3/t15-,18+/m0/s1. The van der Waals surface area contributed by atoms with Crippen LogP contribution in [0, 0.1) is 0 Å². The summed E-state index contributed by atoms with van der Waals surface area (Å²) in [6.07, 6.45) is 3.13. The van der Waals surface area contributed by atoms with Gasteiger partial charge in [0.05, 0.1) is 12.8 Å². The summed E-state index contributed by atoms with van der Waals surface area (Å²) in [6, 6.07) is 13.6. The van der Waals surface area contributed by atoms with Crippen molar-refractivity contribution in [1.82, 2.24) is 4.98 Å². The van der Waals surface area contributed by atoms with Gasteiger partial charge in [-0.05, 0) is 31.0 Å². The minimum atomic E-state index is -0.995. The summed E-state index contributed by atoms with van der Waals surface area (Å²) in [5, 5.41) is 11.3. The van der Waals surface area contributed by atoms with E-state index < -0.39 is 5.60 Å². The third kappa shape index (κ3) is 2.93. The summed E-state index contributed by atoms with van der Waals surface area (Å²) in [5.74, 6) is 0.751. The minimum absolute atomic E-state index is 0.0615. The van der Waals surface area contributed by atoms with Gasteiger partial charge in [0.25, 0.3) is 0 Å². The zero-order valence-electron chi connectivity index (χ0n) is 12.9. The Balaban J connectivity index is 2.52. The average molecular weight is 285 g/mol. The van der Waals surface area contributed by atoms with Gasteiger partial charge in [0.1, 0.15) is 11.4 Å². The molecule has 0 amide bonds. The molecule has 0 aliphatic heterocycles. The average Bonchev–Trinajstić information content (AvgIpc) is 2.56. The lowest BCUT2D eigenvalue weighted by Gasteiger charge is -2.35. The van der Waals surface area contributed by atoms with Gasteiger partial charge >= 0.3 is 0 Å². The van der Waals surface area contributed by atoms with Crippen molar-refractivity contribution in [3.8, 4) is 5.75 Å². The molecule has 3 nitrogen and oxygen atoms in total. The molecule has 21 heavy (non-hydrogen) atoms. The number of methoxy groups -OCH3 is 1. The Bertz CT molecular complexity index is 570. The Kier molecular flexibility index (Phi) is 4.97. The molecule has 0 radical (unpaired) electrons. The predicted molar refractivity (Wildman–Crippen MR) is 84.5 cm³/mol. The number of nitrogens with zero attached hydrogens (tertiary/aromatic N) is 1. The maximum absolute atomic E-state index is 11.3. The van der Waals surface area contributed by atoms with Crippen LogP contribution in [0.15, 0.2) is 48.7 Å². The lowest BCUT2D eigenvalue weighted by atomic mass is 9.76. The summed E-state index contributed by atoms with van der Waals surface area (Å²) >= 11 is 0. The molecule has 2 atom stereocenters. The van der Waals surface area contributed by atoms with Gasteiger partial charge in [-0.1, -0.05) is 38.1 Å². The quantitative estimate of drug-likeness (QED) is 0.875. The molecule has 1 aromatic heterocycles. The first kappa shape index (κ1) is 15.5. The van der Waals surface area contributed by atoms with E-state index in [9.17, 15) is 5.11 Å². The molecule has 0 unspecified atom stereocenters. The van der Waals surface area contributed by atoms with E-state index >= 15 is 0 Å². The Hall–Kier alpha value is -1.87. The van der Waals surface area contributed by atoms with E-state index in [0.29, 0.717) is 12.1 Å². The highest BCUT2D eigenvalue weighted by atomic mass is 16.5. The Labute approximate surface area is 126 Å². The van der Waals surface area contributed by atoms with E-state index in [1.807, 2.05) is 49.4 Å². The minimum Gasteiger partial charge on any atom is -0.496 e. The van der Waals surface area contributed by atoms with Gasteiger partial charge in [0.15, 0.2) is 0 Å². The first-order valence-corrected chi connectivity index (χ1v) is 7.44. The number of hydrogen-bond donors (Lipinski definition) is 1. The van der Waals surface area contributed by atoms with Crippen LogP contribution in [0.25, 0.3) is 0 Å². The highest BCUT2D eigenvalue weighted by Crippen LogP contribution is 2.43. The molecule has 1 aromatic carbocycles. The van der Waals surface area contributed by atoms with Crippen LogP contribution >= 0.6 is 0 Å². The molecule has 0 spiro atoms. The van der Waals surface area contributed by atoms with Crippen molar-refractivity contribution >= 4 is 0 Å². The van der Waals surface area contributed by atoms with Crippen molar-refractivity contribution < 1.29 is 9.84 Å². The fraction of sp³-hybridized carbons (Fsp3) is 0.389. The molecule has 112 valence electrons. The number of pyridine rings is 1. The molecular weight excluding hydrogens is 262 g/mol. The van der Waals surface area contributed by atoms with Crippen LogP contribution in [0.5, 0.6) is 5.75 Å². The maximum Gasteiger partial charge on any atom is 0.122 e. The SMILES string of the molecule is CC[C@@H](c1ccccc1OC)[C@](O)(CC)c1ccccn1. The van der Waals surface area contributed by atoms with E-state index in [4.69, 9.17) is 4.74 Å². The van der Waals surface area contributed by atoms with E-state index in [1.165, 1.54) is 0 Å². The first-order valence-electron chi connectivity index (χ1n) is 7.44. The van der Waals surface area contributed by atoms with Crippen LogP contribution < -0.4 is 4.74 Å². The van der Waals surface area contributed by atoms with E-state index in [1.54, 1.807) is 13.3 Å². The molecule has 0 bridgehead atoms. The van der Waals surface area contributed by atoms with Crippen molar-refractivity contribution in [2.45, 2.75) is 38.2 Å². The van der Waals surface area contributed by atoms with E-state index in [-0.39, 0.29) is 5.92 Å². The van der Waals surface area contributed by atoms with E-state index in [2.05, 4.69) is 11.9 Å². The monoisotopic (exact) mass is 285 g/mol. The Morgan fingerprint density at radius 1 is 1.14 bits per heavy atom. The van der Waals surface area contributed by atoms with Crippen molar-refractivity contribution in [3.63, 3.8) is 0 Å². The van der Waals surface area contributed by atoms with Crippen LogP contribution in [0.1, 0.15) is 43.9 Å². The Morgan fingerprint density at radius 2 is 1.86 bits per heavy atom. The number of rotatable bonds is 6. The largest absolute Gasteiger partial charge is 0.496 e. The van der Waals surface area contributed by atoms with Gasteiger partial charge in [-0.2, -0.15) is 0 Å². The summed E-state index contributed by atoms with van der Waals surface area (Å²) in [5.41, 5.74) is 0.743. The summed E-state index contributed by atoms with van der Waals surface area (Å²) < 4.78 is 5.47. The first-order chi connectivity index (χ1) is 10.2. The van der Waals surface area contributed by atoms with Crippen LogP contribution in [-0.2, 0) is 5.60 Å². The molecule has 3 heteroatoms. The second kappa shape index (κ2) is 6.72. The van der Waals surface area contributed by atoms with Crippen molar-refractivity contribution in [2.24, 2.45) is 0 Å². The maximum atomic E-state index is 11.3. The molecule has 2 rings (SSSR count). The molecule has 1 N–H and O–H groups in total. The molecular formula is C18H23NO2. The van der Waals surface area contributed by atoms with Crippen molar-refractivity contribution in [1.29, 1.82) is 0 Å². The normalized spacial score (nSPS) is 15.2. The van der Waals surface area contributed by atoms with Crippen LogP contribution in [0.2, 0.25) is 0 Å². The van der Waals surface area contributed by atoms with Crippen LogP contribution in [-0.4, -0.2) is 17.2 Å². The van der Waals surface area contributed by atoms with Gasteiger partial charge in [-0.15, -0.1) is 0 Å². The lowest BCUT2D eigenvalue weighted by molar-refractivity contribution is -0.00329. The van der Waals surface area contributed by atoms with E-state index in [0.717, 1.165) is 17.7 Å². The number of aliphatic hydroxyl groups is 1. The molecule has 0 saturated heterocycles. The van der Waals surface area contributed by atoms with Gasteiger partial charge in [-0.3, -0.25) is 4.98 Å². The lowest BCUT2D eigenvalue weighted by Crippen LogP contribution is -2.34. The second-order valence-corrected chi connectivity index (χ2v) is 5.20. The zero-order chi connectivity index (χ0) is 15.3. The van der Waals surface area contributed by atoms with Crippen molar-refractivity contribution in [3.05, 3.63) is 59.9 Å². The highest BCUT2D eigenvalue weighted by molar-refractivity contribution is 5.39. The number of para-hydroxylation sites is 1. The van der Waals surface area contributed by atoms with Crippen molar-refractivity contribution in [2.75, 3.05) is 7.11 Å². The zero-order valence-corrected chi connectivity index (χ0v) is 12.9. The summed E-state index contributed by atoms with van der Waals surface area (Å²) in [6.45, 7) is 4.08. The second-order valence-electron chi connectivity index (χ2n) is 5.20. The molecule has 0 aliphatic carbocycles. The van der Waals surface area contributed by atoms with Gasteiger partial charge < -0.3 is 9.84 Å². The van der Waals surface area contributed by atoms with Gasteiger partial charge in [-0.25, -0.2) is 0 Å². The number of aromatic nitrogens is 1. The third-order valence-electron chi connectivity index (χ3n) is 4.15. The molecule has 2 aromatic rings. The number of benzene rings is 1. The predicted octanol–water partition coefficient (Wildman–Crippen LogP) is 3.88. The topological polar surface area (TPSA) is 42.4 Å². The van der Waals surface area contributed by atoms with Crippen LogP contribution in [0.3, 0.4) is 0 Å². The molecule has 0 fully saturated rings. The summed E-state index contributed by atoms with van der Waals surface area (Å²) in [7, 11) is 1.66. The number of hydrogen-bond acceptors (Lipinski definition) is 3. The van der Waals surface area contributed by atoms with Crippen LogP contribution in [0.4, 0.5) is 0 Å². The number of ether oxygens (including phenoxy) is 1.